The second-order valence-corrected chi connectivity index (χ2v) is 6.06. The van der Waals surface area contributed by atoms with Crippen molar-refractivity contribution in [3.05, 3.63) is 29.8 Å². The van der Waals surface area contributed by atoms with Crippen molar-refractivity contribution in [1.82, 2.24) is 0 Å². The van der Waals surface area contributed by atoms with Crippen LogP contribution in [0.25, 0.3) is 0 Å². The van der Waals surface area contributed by atoms with E-state index in [0.29, 0.717) is 13.2 Å². The smallest absolute Gasteiger partial charge is 0.237 e. The summed E-state index contributed by atoms with van der Waals surface area (Å²) in [6.07, 6.45) is 0.770. The van der Waals surface area contributed by atoms with Crippen molar-refractivity contribution in [3.8, 4) is 0 Å². The fourth-order valence-electron chi connectivity index (χ4n) is 3.03. The number of ketones is 1. The molecular formula is C16H19NO3. The molecule has 0 aromatic heterocycles. The second kappa shape index (κ2) is 4.70. The zero-order valence-corrected chi connectivity index (χ0v) is 11.9. The standard InChI is InChI=1S/C16H19NO3/c1-16(2)12-5-3-4-6-13(12)17(15(16)19)9-14(18)11-7-8-20-10-11/h3-6,11H,7-10H2,1-2H3. The van der Waals surface area contributed by atoms with Crippen molar-refractivity contribution in [2.75, 3.05) is 24.7 Å². The fraction of sp³-hybridized carbons (Fsp3) is 0.500. The van der Waals surface area contributed by atoms with E-state index >= 15 is 0 Å². The monoisotopic (exact) mass is 273 g/mol. The van der Waals surface area contributed by atoms with Crippen molar-refractivity contribution in [3.63, 3.8) is 0 Å². The summed E-state index contributed by atoms with van der Waals surface area (Å²) in [6, 6.07) is 7.73. The molecule has 4 nitrogen and oxygen atoms in total. The minimum absolute atomic E-state index is 0.00552. The van der Waals surface area contributed by atoms with E-state index in [9.17, 15) is 9.59 Å². The van der Waals surface area contributed by atoms with Crippen LogP contribution in [0.4, 0.5) is 5.69 Å². The van der Waals surface area contributed by atoms with Gasteiger partial charge < -0.3 is 9.64 Å². The minimum Gasteiger partial charge on any atom is -0.381 e. The third-order valence-corrected chi connectivity index (χ3v) is 4.35. The molecule has 0 saturated carbocycles. The Morgan fingerprint density at radius 1 is 1.40 bits per heavy atom. The molecule has 1 unspecified atom stereocenters. The van der Waals surface area contributed by atoms with Crippen LogP contribution in [0.2, 0.25) is 0 Å². The number of hydrogen-bond acceptors (Lipinski definition) is 3. The van der Waals surface area contributed by atoms with Gasteiger partial charge in [0.05, 0.1) is 18.6 Å². The summed E-state index contributed by atoms with van der Waals surface area (Å²) in [4.78, 5) is 26.5. The van der Waals surface area contributed by atoms with Crippen molar-refractivity contribution in [1.29, 1.82) is 0 Å². The van der Waals surface area contributed by atoms with Crippen LogP contribution in [-0.2, 0) is 19.7 Å². The Balaban J connectivity index is 1.87. The van der Waals surface area contributed by atoms with Crippen LogP contribution in [0.1, 0.15) is 25.8 Å². The van der Waals surface area contributed by atoms with Crippen molar-refractivity contribution < 1.29 is 14.3 Å². The number of Topliss-reactive ketones (excluding diaryl/α,β-unsaturated/α-hetero) is 1. The average molecular weight is 273 g/mol. The Labute approximate surface area is 118 Å². The van der Waals surface area contributed by atoms with E-state index in [1.54, 1.807) is 4.90 Å². The predicted molar refractivity (Wildman–Crippen MR) is 75.8 cm³/mol. The van der Waals surface area contributed by atoms with Gasteiger partial charge in [0.1, 0.15) is 0 Å². The number of nitrogens with zero attached hydrogens (tertiary/aromatic N) is 1. The SMILES string of the molecule is CC1(C)C(=O)N(CC(=O)C2CCOC2)c2ccccc21. The van der Waals surface area contributed by atoms with Gasteiger partial charge in [-0.3, -0.25) is 9.59 Å². The summed E-state index contributed by atoms with van der Waals surface area (Å²) in [5.41, 5.74) is 1.32. The van der Waals surface area contributed by atoms with Gasteiger partial charge in [0, 0.05) is 18.2 Å². The number of ether oxygens (including phenoxy) is 1. The predicted octanol–water partition coefficient (Wildman–Crippen LogP) is 1.92. The van der Waals surface area contributed by atoms with Crippen LogP contribution in [0.15, 0.2) is 24.3 Å². The largest absolute Gasteiger partial charge is 0.381 e. The van der Waals surface area contributed by atoms with Crippen molar-refractivity contribution >= 4 is 17.4 Å². The molecule has 0 aliphatic carbocycles. The lowest BCUT2D eigenvalue weighted by atomic mass is 9.86. The summed E-state index contributed by atoms with van der Waals surface area (Å²) < 4.78 is 5.26. The van der Waals surface area contributed by atoms with Gasteiger partial charge in [-0.25, -0.2) is 0 Å². The van der Waals surface area contributed by atoms with Gasteiger partial charge >= 0.3 is 0 Å². The third-order valence-electron chi connectivity index (χ3n) is 4.35. The minimum atomic E-state index is -0.553. The molecule has 0 spiro atoms. The summed E-state index contributed by atoms with van der Waals surface area (Å²) in [5, 5.41) is 0. The first-order valence-electron chi connectivity index (χ1n) is 7.04. The van der Waals surface area contributed by atoms with E-state index in [0.717, 1.165) is 17.7 Å². The Morgan fingerprint density at radius 3 is 2.85 bits per heavy atom. The van der Waals surface area contributed by atoms with Gasteiger partial charge in [-0.2, -0.15) is 0 Å². The lowest BCUT2D eigenvalue weighted by Gasteiger charge is -2.20. The normalized spacial score (nSPS) is 24.0. The van der Waals surface area contributed by atoms with Crippen molar-refractivity contribution in [2.45, 2.75) is 25.7 Å². The van der Waals surface area contributed by atoms with Gasteiger partial charge in [-0.05, 0) is 31.9 Å². The summed E-state index contributed by atoms with van der Waals surface area (Å²) in [7, 11) is 0. The van der Waals surface area contributed by atoms with Crippen LogP contribution in [-0.4, -0.2) is 31.4 Å². The zero-order chi connectivity index (χ0) is 14.3. The maximum Gasteiger partial charge on any atom is 0.237 e. The molecule has 4 heteroatoms. The molecule has 2 heterocycles. The highest BCUT2D eigenvalue weighted by Crippen LogP contribution is 2.41. The summed E-state index contributed by atoms with van der Waals surface area (Å²) >= 11 is 0. The molecule has 20 heavy (non-hydrogen) atoms. The summed E-state index contributed by atoms with van der Waals surface area (Å²) in [6.45, 7) is 5.13. The maximum atomic E-state index is 12.6. The molecule has 0 radical (unpaired) electrons. The number of hydrogen-bond donors (Lipinski definition) is 0. The van der Waals surface area contributed by atoms with E-state index in [2.05, 4.69) is 0 Å². The lowest BCUT2D eigenvalue weighted by molar-refractivity contribution is -0.126. The van der Waals surface area contributed by atoms with Gasteiger partial charge in [0.15, 0.2) is 5.78 Å². The number of anilines is 1. The third kappa shape index (κ3) is 1.95. The molecule has 3 rings (SSSR count). The average Bonchev–Trinajstić information content (AvgIpc) is 3.02. The second-order valence-electron chi connectivity index (χ2n) is 6.06. The van der Waals surface area contributed by atoms with E-state index in [4.69, 9.17) is 4.74 Å². The van der Waals surface area contributed by atoms with E-state index in [-0.39, 0.29) is 24.2 Å². The number of fused-ring (bicyclic) bond motifs is 1. The van der Waals surface area contributed by atoms with Crippen molar-refractivity contribution in [2.24, 2.45) is 5.92 Å². The van der Waals surface area contributed by atoms with Gasteiger partial charge in [0.2, 0.25) is 5.91 Å². The molecule has 0 N–H and O–H groups in total. The number of amides is 1. The van der Waals surface area contributed by atoms with Gasteiger partial charge in [-0.15, -0.1) is 0 Å². The Kier molecular flexibility index (Phi) is 3.13. The molecule has 1 atom stereocenters. The lowest BCUT2D eigenvalue weighted by Crippen LogP contribution is -2.40. The number of benzene rings is 1. The van der Waals surface area contributed by atoms with Crippen LogP contribution in [0, 0.1) is 5.92 Å². The molecule has 0 bridgehead atoms. The zero-order valence-electron chi connectivity index (χ0n) is 11.9. The fourth-order valence-corrected chi connectivity index (χ4v) is 3.03. The highest BCUT2D eigenvalue weighted by atomic mass is 16.5. The van der Waals surface area contributed by atoms with Crippen LogP contribution >= 0.6 is 0 Å². The molecule has 1 aromatic rings. The van der Waals surface area contributed by atoms with Crippen LogP contribution in [0.3, 0.4) is 0 Å². The Morgan fingerprint density at radius 2 is 2.15 bits per heavy atom. The van der Waals surface area contributed by atoms with Crippen LogP contribution < -0.4 is 4.90 Å². The first-order chi connectivity index (χ1) is 9.51. The van der Waals surface area contributed by atoms with E-state index in [1.165, 1.54) is 0 Å². The summed E-state index contributed by atoms with van der Waals surface area (Å²) in [5.74, 6) is 0.0491. The number of carbonyl (C=O) groups excluding carboxylic acids is 2. The highest BCUT2D eigenvalue weighted by molar-refractivity contribution is 6.10. The first-order valence-corrected chi connectivity index (χ1v) is 7.04. The van der Waals surface area contributed by atoms with Gasteiger partial charge in [0.25, 0.3) is 0 Å². The highest BCUT2D eigenvalue weighted by Gasteiger charge is 2.44. The number of carbonyl (C=O) groups is 2. The molecule has 2 aliphatic rings. The quantitative estimate of drug-likeness (QED) is 0.845. The molecule has 2 aliphatic heterocycles. The first kappa shape index (κ1) is 13.3. The number of rotatable bonds is 3. The molecular weight excluding hydrogens is 254 g/mol. The topological polar surface area (TPSA) is 46.6 Å². The van der Waals surface area contributed by atoms with E-state index < -0.39 is 5.41 Å². The number of para-hydroxylation sites is 1. The molecule has 1 amide bonds. The maximum absolute atomic E-state index is 12.6. The van der Waals surface area contributed by atoms with Gasteiger partial charge in [-0.1, -0.05) is 18.2 Å². The van der Waals surface area contributed by atoms with E-state index in [1.807, 2.05) is 38.1 Å². The molecule has 1 aromatic carbocycles. The Bertz CT molecular complexity index is 559. The van der Waals surface area contributed by atoms with Crippen LogP contribution in [0.5, 0.6) is 0 Å². The Hall–Kier alpha value is -1.68. The molecule has 1 saturated heterocycles. The molecule has 106 valence electrons. The molecule has 1 fully saturated rings.